The van der Waals surface area contributed by atoms with Gasteiger partial charge in [0.1, 0.15) is 11.2 Å². The molecule has 0 spiro atoms. The minimum absolute atomic E-state index is 0.0109. The molecule has 9 heteroatoms. The molecule has 0 unspecified atom stereocenters. The molecular weight excluding hydrogens is 648 g/mol. The minimum Gasteiger partial charge on any atom is -0.504 e. The second-order valence-corrected chi connectivity index (χ2v) is 12.4. The number of phenols is 8. The van der Waals surface area contributed by atoms with E-state index in [9.17, 15) is 40.9 Å². The van der Waals surface area contributed by atoms with Gasteiger partial charge in [-0.1, -0.05) is 91.0 Å². The summed E-state index contributed by atoms with van der Waals surface area (Å²) in [6, 6.07) is 33.1. The van der Waals surface area contributed by atoms with E-state index in [4.69, 9.17) is 4.42 Å². The summed E-state index contributed by atoms with van der Waals surface area (Å²) in [7, 11) is 0. The number of hydrogen-bond acceptors (Lipinski definition) is 9. The maximum atomic E-state index is 11.6. The Labute approximate surface area is 287 Å². The van der Waals surface area contributed by atoms with E-state index in [0.717, 1.165) is 27.3 Å². The maximum absolute atomic E-state index is 11.6. The number of hydrogen-bond donors (Lipinski definition) is 8. The fraction of sp³-hybridized carbons (Fsp3) is 0. The first kappa shape index (κ1) is 29.8. The van der Waals surface area contributed by atoms with Gasteiger partial charge < -0.3 is 45.3 Å². The van der Waals surface area contributed by atoms with Crippen LogP contribution in [0, 0.1) is 0 Å². The number of fused-ring (bicyclic) bond motifs is 6. The first-order valence-electron chi connectivity index (χ1n) is 15.9. The monoisotopic (exact) mass is 674 g/mol. The van der Waals surface area contributed by atoms with Crippen molar-refractivity contribution in [3.05, 3.63) is 109 Å². The second-order valence-electron chi connectivity index (χ2n) is 12.4. The maximum Gasteiger partial charge on any atom is 0.204 e. The molecule has 0 amide bonds. The van der Waals surface area contributed by atoms with Crippen molar-refractivity contribution in [1.82, 2.24) is 0 Å². The van der Waals surface area contributed by atoms with Crippen molar-refractivity contribution in [2.24, 2.45) is 0 Å². The SMILES string of the molecule is Oc1c(O)c(O)c2c(-c3ccc4oc5cc6ccccc6c(-c6ccccc6)c5c4c3)c3c(O)c(O)c(O)c(O)c3c(-c3ccccc3)c2c1O. The van der Waals surface area contributed by atoms with E-state index >= 15 is 0 Å². The van der Waals surface area contributed by atoms with Crippen molar-refractivity contribution in [3.8, 4) is 79.4 Å². The third-order valence-corrected chi connectivity index (χ3v) is 9.69. The Kier molecular flexibility index (Phi) is 6.21. The fourth-order valence-corrected chi connectivity index (χ4v) is 7.46. The molecule has 0 aliphatic heterocycles. The number of rotatable bonds is 3. The predicted molar refractivity (Wildman–Crippen MR) is 196 cm³/mol. The molecule has 0 fully saturated rings. The van der Waals surface area contributed by atoms with Crippen LogP contribution >= 0.6 is 0 Å². The summed E-state index contributed by atoms with van der Waals surface area (Å²) in [6.07, 6.45) is 0. The molecule has 0 saturated heterocycles. The molecule has 1 heterocycles. The first-order chi connectivity index (χ1) is 24.7. The van der Waals surface area contributed by atoms with E-state index in [2.05, 4.69) is 0 Å². The Bertz CT molecular complexity index is 2850. The molecule has 9 nitrogen and oxygen atoms in total. The quantitative estimate of drug-likeness (QED) is 0.0515. The number of benzene rings is 8. The highest BCUT2D eigenvalue weighted by atomic mass is 16.4. The van der Waals surface area contributed by atoms with Gasteiger partial charge in [0.25, 0.3) is 0 Å². The predicted octanol–water partition coefficient (Wildman–Crippen LogP) is 9.69. The Hall–Kier alpha value is -7.26. The van der Waals surface area contributed by atoms with Gasteiger partial charge in [0.15, 0.2) is 23.0 Å². The lowest BCUT2D eigenvalue weighted by molar-refractivity contribution is 0.350. The van der Waals surface area contributed by atoms with Crippen molar-refractivity contribution < 1.29 is 45.3 Å². The van der Waals surface area contributed by atoms with Crippen LogP contribution in [0.3, 0.4) is 0 Å². The molecule has 0 bridgehead atoms. The molecule has 0 aliphatic carbocycles. The topological polar surface area (TPSA) is 175 Å². The van der Waals surface area contributed by atoms with Crippen LogP contribution in [-0.4, -0.2) is 40.9 Å². The molecular formula is C42H26O9. The zero-order chi connectivity index (χ0) is 35.3. The van der Waals surface area contributed by atoms with Crippen molar-refractivity contribution in [2.75, 3.05) is 0 Å². The summed E-state index contributed by atoms with van der Waals surface area (Å²) in [5.74, 6) is -7.45. The lowest BCUT2D eigenvalue weighted by Gasteiger charge is -2.22. The third kappa shape index (κ3) is 4.03. The highest BCUT2D eigenvalue weighted by Gasteiger charge is 2.32. The van der Waals surface area contributed by atoms with Crippen molar-refractivity contribution in [3.63, 3.8) is 0 Å². The highest BCUT2D eigenvalue weighted by molar-refractivity contribution is 6.29. The largest absolute Gasteiger partial charge is 0.504 e. The van der Waals surface area contributed by atoms with Gasteiger partial charge >= 0.3 is 0 Å². The van der Waals surface area contributed by atoms with Gasteiger partial charge in [-0.2, -0.15) is 0 Å². The van der Waals surface area contributed by atoms with Crippen LogP contribution in [0.4, 0.5) is 0 Å². The summed E-state index contributed by atoms with van der Waals surface area (Å²) in [5, 5.41) is 92.0. The van der Waals surface area contributed by atoms with E-state index in [1.807, 2.05) is 60.7 Å². The molecule has 8 N–H and O–H groups in total. The summed E-state index contributed by atoms with van der Waals surface area (Å²) in [4.78, 5) is 0. The summed E-state index contributed by atoms with van der Waals surface area (Å²) < 4.78 is 6.40. The standard InChI is InChI=1S/C42H26O9/c43-35-31-28(20-11-5-2-6-12-20)32-34(38(46)42(50)40(48)36(32)44)29(33(31)37(45)41(49)39(35)47)22-15-16-25-24(17-22)30-26(51-25)18-21-13-7-8-14-23(21)27(30)19-9-3-1-4-10-19/h1-18,43-50H. The van der Waals surface area contributed by atoms with Gasteiger partial charge in [0.2, 0.25) is 23.0 Å². The van der Waals surface area contributed by atoms with E-state index in [-0.39, 0.29) is 32.7 Å². The van der Waals surface area contributed by atoms with E-state index in [0.29, 0.717) is 27.7 Å². The van der Waals surface area contributed by atoms with Crippen molar-refractivity contribution >= 4 is 54.3 Å². The second kappa shape index (κ2) is 10.6. The number of phenolic OH excluding ortho intramolecular Hbond substituents is 8. The molecule has 9 rings (SSSR count). The van der Waals surface area contributed by atoms with E-state index in [1.54, 1.807) is 48.5 Å². The average Bonchev–Trinajstić information content (AvgIpc) is 3.53. The number of furan rings is 1. The van der Waals surface area contributed by atoms with Crippen LogP contribution in [0.2, 0.25) is 0 Å². The van der Waals surface area contributed by atoms with Crippen LogP contribution in [0.1, 0.15) is 0 Å². The molecule has 8 aromatic carbocycles. The molecule has 9 aromatic rings. The summed E-state index contributed by atoms with van der Waals surface area (Å²) >= 11 is 0. The van der Waals surface area contributed by atoms with E-state index < -0.39 is 46.0 Å². The minimum atomic E-state index is -1.03. The Morgan fingerprint density at radius 3 is 1.29 bits per heavy atom. The highest BCUT2D eigenvalue weighted by Crippen LogP contribution is 2.62. The van der Waals surface area contributed by atoms with Crippen molar-refractivity contribution in [2.45, 2.75) is 0 Å². The molecule has 0 atom stereocenters. The van der Waals surface area contributed by atoms with Gasteiger partial charge in [-0.3, -0.25) is 0 Å². The van der Waals surface area contributed by atoms with Crippen molar-refractivity contribution in [1.29, 1.82) is 0 Å². The number of aromatic hydroxyl groups is 8. The molecule has 0 aliphatic rings. The van der Waals surface area contributed by atoms with Gasteiger partial charge in [-0.25, -0.2) is 0 Å². The molecule has 0 saturated carbocycles. The van der Waals surface area contributed by atoms with Crippen LogP contribution in [0.5, 0.6) is 46.0 Å². The molecule has 248 valence electrons. The average molecular weight is 675 g/mol. The van der Waals surface area contributed by atoms with Crippen LogP contribution in [0.25, 0.3) is 87.6 Å². The lowest BCUT2D eigenvalue weighted by Crippen LogP contribution is -1.94. The Morgan fingerprint density at radius 1 is 0.314 bits per heavy atom. The first-order valence-corrected chi connectivity index (χ1v) is 15.9. The molecule has 1 aromatic heterocycles. The van der Waals surface area contributed by atoms with Crippen LogP contribution in [0.15, 0.2) is 114 Å². The van der Waals surface area contributed by atoms with Gasteiger partial charge in [0.05, 0.1) is 0 Å². The van der Waals surface area contributed by atoms with Crippen LogP contribution < -0.4 is 0 Å². The van der Waals surface area contributed by atoms with Gasteiger partial charge in [-0.05, 0) is 45.7 Å². The normalized spacial score (nSPS) is 11.8. The third-order valence-electron chi connectivity index (χ3n) is 9.69. The Morgan fingerprint density at radius 2 is 0.765 bits per heavy atom. The van der Waals surface area contributed by atoms with E-state index in [1.165, 1.54) is 0 Å². The smallest absolute Gasteiger partial charge is 0.204 e. The van der Waals surface area contributed by atoms with Gasteiger partial charge in [0, 0.05) is 49.0 Å². The Balaban J connectivity index is 1.52. The fourth-order valence-electron chi connectivity index (χ4n) is 7.46. The molecule has 51 heavy (non-hydrogen) atoms. The van der Waals surface area contributed by atoms with Crippen LogP contribution in [-0.2, 0) is 0 Å². The summed E-state index contributed by atoms with van der Waals surface area (Å²) in [5.41, 5.74) is 3.53. The van der Waals surface area contributed by atoms with Gasteiger partial charge in [-0.15, -0.1) is 0 Å². The lowest BCUT2D eigenvalue weighted by atomic mass is 9.83. The zero-order valence-corrected chi connectivity index (χ0v) is 26.4. The summed E-state index contributed by atoms with van der Waals surface area (Å²) in [6.45, 7) is 0. The zero-order valence-electron chi connectivity index (χ0n) is 26.4. The molecule has 0 radical (unpaired) electrons.